The van der Waals surface area contributed by atoms with Gasteiger partial charge < -0.3 is 15.3 Å². The lowest BCUT2D eigenvalue weighted by atomic mass is 9.52. The van der Waals surface area contributed by atoms with Gasteiger partial charge in [0.05, 0.1) is 17.3 Å². The number of fused-ring (bicyclic) bond motifs is 2. The van der Waals surface area contributed by atoms with E-state index in [1.54, 1.807) is 6.92 Å². The molecule has 56 heavy (non-hydrogen) atoms. The summed E-state index contributed by atoms with van der Waals surface area (Å²) in [5.74, 6) is 1.61. The number of carbonyl (C=O) groups excluding carboxylic acids is 4. The van der Waals surface area contributed by atoms with Gasteiger partial charge in [0.2, 0.25) is 0 Å². The molecule has 0 aliphatic heterocycles. The van der Waals surface area contributed by atoms with Gasteiger partial charge in [-0.15, -0.1) is 0 Å². The molecular weight excluding hydrogens is 701 g/mol. The van der Waals surface area contributed by atoms with E-state index in [9.17, 15) is 34.5 Å². The lowest BCUT2D eigenvalue weighted by molar-refractivity contribution is -0.132. The first-order chi connectivity index (χ1) is 25.9. The molecule has 6 rings (SSSR count). The fraction of sp³-hybridized carbons (Fsp3) is 0.755. The summed E-state index contributed by atoms with van der Waals surface area (Å²) < 4.78 is 0. The number of rotatable bonds is 9. The van der Waals surface area contributed by atoms with Crippen LogP contribution in [-0.2, 0) is 19.2 Å². The number of aliphatic hydroxyl groups is 3. The molecule has 6 aliphatic carbocycles. The molecule has 6 aliphatic rings. The third kappa shape index (κ3) is 8.10. The van der Waals surface area contributed by atoms with Crippen LogP contribution in [0, 0.1) is 88.8 Å². The van der Waals surface area contributed by atoms with Gasteiger partial charge >= 0.3 is 0 Å². The van der Waals surface area contributed by atoms with Crippen molar-refractivity contribution in [3.8, 4) is 0 Å². The first kappa shape index (κ1) is 45.9. The van der Waals surface area contributed by atoms with Crippen LogP contribution in [-0.4, -0.2) is 44.6 Å². The lowest BCUT2D eigenvalue weighted by Gasteiger charge is -2.52. The molecule has 7 nitrogen and oxygen atoms in total. The van der Waals surface area contributed by atoms with Crippen LogP contribution in [0.5, 0.6) is 0 Å². The maximum absolute atomic E-state index is 13.8. The van der Waals surface area contributed by atoms with Crippen molar-refractivity contribution < 1.29 is 34.5 Å². The SMILES string of the molecule is C.CCC1C(C)=CC2CC(C)C(O)C(CC)C2C1C(=O)C1=C(O)C(C)CC1=O.CCCC1C(C)=CC2CC(C)C(C)C(CC)C2C1C(=O)C1=C(O)C(C)CC1=O. The molecule has 0 aromatic carbocycles. The second-order valence-electron chi connectivity index (χ2n) is 19.0. The Morgan fingerprint density at radius 1 is 0.661 bits per heavy atom. The number of hydrogen-bond donors (Lipinski definition) is 3. The molecule has 7 heteroatoms. The topological polar surface area (TPSA) is 129 Å². The highest BCUT2D eigenvalue weighted by atomic mass is 16.3. The average Bonchev–Trinajstić information content (AvgIpc) is 3.54. The largest absolute Gasteiger partial charge is 0.511 e. The molecule has 0 aromatic heterocycles. The van der Waals surface area contributed by atoms with Crippen LogP contribution in [0.3, 0.4) is 0 Å². The summed E-state index contributed by atoms with van der Waals surface area (Å²) >= 11 is 0. The van der Waals surface area contributed by atoms with Crippen molar-refractivity contribution in [3.63, 3.8) is 0 Å². The minimum Gasteiger partial charge on any atom is -0.511 e. The minimum atomic E-state index is -0.420. The third-order valence-electron chi connectivity index (χ3n) is 15.7. The molecule has 314 valence electrons. The molecule has 0 saturated heterocycles. The highest BCUT2D eigenvalue weighted by Gasteiger charge is 2.54. The van der Waals surface area contributed by atoms with Gasteiger partial charge in [-0.25, -0.2) is 0 Å². The summed E-state index contributed by atoms with van der Waals surface area (Å²) in [7, 11) is 0. The van der Waals surface area contributed by atoms with Crippen LogP contribution in [0.4, 0.5) is 0 Å². The molecule has 0 radical (unpaired) electrons. The Morgan fingerprint density at radius 3 is 1.50 bits per heavy atom. The Labute approximate surface area is 339 Å². The maximum Gasteiger partial charge on any atom is 0.173 e. The number of carbonyl (C=O) groups is 4. The Morgan fingerprint density at radius 2 is 1.09 bits per heavy atom. The summed E-state index contributed by atoms with van der Waals surface area (Å²) in [6.07, 6.45) is 11.5. The third-order valence-corrected chi connectivity index (χ3v) is 15.7. The van der Waals surface area contributed by atoms with Crippen LogP contribution >= 0.6 is 0 Å². The van der Waals surface area contributed by atoms with Gasteiger partial charge in [0.1, 0.15) is 11.5 Å². The molecule has 3 N–H and O–H groups in total. The van der Waals surface area contributed by atoms with Crippen molar-refractivity contribution in [2.75, 3.05) is 0 Å². The molecule has 16 unspecified atom stereocenters. The maximum atomic E-state index is 13.8. The van der Waals surface area contributed by atoms with E-state index in [4.69, 9.17) is 0 Å². The van der Waals surface area contributed by atoms with E-state index in [0.717, 1.165) is 44.9 Å². The molecule has 16 atom stereocenters. The Bertz CT molecular complexity index is 1630. The fourth-order valence-electron chi connectivity index (χ4n) is 12.8. The van der Waals surface area contributed by atoms with Gasteiger partial charge in [-0.05, 0) is 105 Å². The number of hydrogen-bond acceptors (Lipinski definition) is 7. The number of ketones is 4. The smallest absolute Gasteiger partial charge is 0.173 e. The summed E-state index contributed by atoms with van der Waals surface area (Å²) in [6.45, 7) is 23.3. The van der Waals surface area contributed by atoms with Crippen molar-refractivity contribution in [2.45, 2.75) is 147 Å². The molecular formula is C49H76O7. The lowest BCUT2D eigenvalue weighted by Crippen LogP contribution is -2.51. The van der Waals surface area contributed by atoms with Gasteiger partial charge in [0.15, 0.2) is 23.1 Å². The Balaban J connectivity index is 0.000000244. The zero-order valence-electron chi connectivity index (χ0n) is 35.7. The van der Waals surface area contributed by atoms with Crippen molar-refractivity contribution in [1.29, 1.82) is 0 Å². The van der Waals surface area contributed by atoms with Crippen LogP contribution in [0.15, 0.2) is 46.0 Å². The van der Waals surface area contributed by atoms with E-state index in [1.807, 2.05) is 6.92 Å². The molecule has 0 aromatic rings. The van der Waals surface area contributed by atoms with Crippen molar-refractivity contribution in [3.05, 3.63) is 46.0 Å². The van der Waals surface area contributed by atoms with Crippen LogP contribution < -0.4 is 0 Å². The summed E-state index contributed by atoms with van der Waals surface area (Å²) in [5.41, 5.74) is 2.71. The Hall–Kier alpha value is -2.80. The minimum absolute atomic E-state index is 0. The molecule has 2 fully saturated rings. The van der Waals surface area contributed by atoms with Gasteiger partial charge in [-0.2, -0.15) is 0 Å². The highest BCUT2D eigenvalue weighted by Crippen LogP contribution is 2.56. The molecule has 2 saturated carbocycles. The monoisotopic (exact) mass is 777 g/mol. The van der Waals surface area contributed by atoms with E-state index in [0.29, 0.717) is 23.7 Å². The van der Waals surface area contributed by atoms with Crippen molar-refractivity contribution in [1.82, 2.24) is 0 Å². The predicted molar refractivity (Wildman–Crippen MR) is 225 cm³/mol. The molecule has 0 amide bonds. The summed E-state index contributed by atoms with van der Waals surface area (Å²) in [5, 5.41) is 31.8. The number of allylic oxidation sites excluding steroid dienone is 8. The molecule has 0 bridgehead atoms. The van der Waals surface area contributed by atoms with Crippen LogP contribution in [0.1, 0.15) is 141 Å². The molecule has 0 heterocycles. The second-order valence-corrected chi connectivity index (χ2v) is 19.0. The molecule has 0 spiro atoms. The average molecular weight is 777 g/mol. The number of Topliss-reactive ketones (excluding diaryl/α,β-unsaturated/α-hetero) is 4. The summed E-state index contributed by atoms with van der Waals surface area (Å²) in [6, 6.07) is 0. The van der Waals surface area contributed by atoms with E-state index < -0.39 is 6.10 Å². The van der Waals surface area contributed by atoms with Crippen LogP contribution in [0.2, 0.25) is 0 Å². The van der Waals surface area contributed by atoms with Gasteiger partial charge in [-0.3, -0.25) is 19.2 Å². The zero-order valence-corrected chi connectivity index (χ0v) is 35.7. The van der Waals surface area contributed by atoms with Gasteiger partial charge in [0.25, 0.3) is 0 Å². The second kappa shape index (κ2) is 18.4. The normalized spacial score (nSPS) is 40.9. The van der Waals surface area contributed by atoms with Crippen molar-refractivity contribution in [2.24, 2.45) is 88.8 Å². The van der Waals surface area contributed by atoms with E-state index >= 15 is 0 Å². The first-order valence-corrected chi connectivity index (χ1v) is 22.0. The van der Waals surface area contributed by atoms with Gasteiger partial charge in [0, 0.05) is 36.5 Å². The van der Waals surface area contributed by atoms with E-state index in [2.05, 4.69) is 74.5 Å². The van der Waals surface area contributed by atoms with Crippen molar-refractivity contribution >= 4 is 23.1 Å². The Kier molecular flexibility index (Phi) is 15.1. The number of aliphatic hydroxyl groups excluding tert-OH is 3. The van der Waals surface area contributed by atoms with E-state index in [1.165, 1.54) is 11.1 Å². The standard InChI is InChI=1S/C25H38O3.C23H34O4.CH4/c1-7-9-19-14(4)11-17-10-13(3)16(6)18(8-2)21(17)22(19)25(28)23-20(26)12-15(5)24(23)27;1-6-15-11(3)8-14-9-12(4)21(25)16(7-2)18(14)19(15)23(27)20-17(24)10-13(5)22(20)26;/h11,13,15-19,21-22,27H,7-10,12H2,1-6H3;8,12-16,18-19,21,25-26H,6-7,9-10H2,1-5H3;1H4. The zero-order chi connectivity index (χ0) is 40.8. The first-order valence-electron chi connectivity index (χ1n) is 22.0. The fourth-order valence-corrected chi connectivity index (χ4v) is 12.8. The van der Waals surface area contributed by atoms with Gasteiger partial charge in [-0.1, -0.05) is 112 Å². The predicted octanol–water partition coefficient (Wildman–Crippen LogP) is 10.8. The van der Waals surface area contributed by atoms with E-state index in [-0.39, 0.29) is 131 Å². The highest BCUT2D eigenvalue weighted by molar-refractivity contribution is 6.23. The summed E-state index contributed by atoms with van der Waals surface area (Å²) in [4.78, 5) is 52.6. The quantitative estimate of drug-likeness (QED) is 0.157. The van der Waals surface area contributed by atoms with Crippen LogP contribution in [0.25, 0.3) is 0 Å².